The minimum atomic E-state index is -0.761. The number of nitriles is 1. The number of carbonyl (C=O) groups excluding carboxylic acids is 1. The van der Waals surface area contributed by atoms with Gasteiger partial charge in [0.25, 0.3) is 5.91 Å². The molecule has 1 aromatic carbocycles. The van der Waals surface area contributed by atoms with Crippen molar-refractivity contribution in [2.75, 3.05) is 18.0 Å². The zero-order valence-electron chi connectivity index (χ0n) is 16.9. The lowest BCUT2D eigenvalue weighted by Crippen LogP contribution is -2.51. The summed E-state index contributed by atoms with van der Waals surface area (Å²) in [5.41, 5.74) is 1.29. The fourth-order valence-corrected chi connectivity index (χ4v) is 5.22. The van der Waals surface area contributed by atoms with Gasteiger partial charge in [-0.2, -0.15) is 14.9 Å². The SMILES string of the molecule is N#Cc1cnc(N2CCC3(CC2)O[C@@H]2CC[C@@H](c4ccccc4)N2C3=O)n2ncnc12. The quantitative estimate of drug-likeness (QED) is 0.632. The molecule has 0 unspecified atom stereocenters. The highest BCUT2D eigenvalue weighted by molar-refractivity contribution is 5.88. The van der Waals surface area contributed by atoms with E-state index in [1.165, 1.54) is 18.1 Å². The van der Waals surface area contributed by atoms with E-state index in [1.807, 2.05) is 23.1 Å². The van der Waals surface area contributed by atoms with Gasteiger partial charge >= 0.3 is 0 Å². The highest BCUT2D eigenvalue weighted by Gasteiger charge is 2.58. The van der Waals surface area contributed by atoms with Crippen LogP contribution in [0.5, 0.6) is 0 Å². The van der Waals surface area contributed by atoms with Gasteiger partial charge in [0, 0.05) is 25.9 Å². The van der Waals surface area contributed by atoms with Crippen LogP contribution < -0.4 is 4.90 Å². The maximum absolute atomic E-state index is 13.5. The molecule has 3 aromatic rings. The third-order valence-electron chi connectivity index (χ3n) is 6.76. The zero-order chi connectivity index (χ0) is 21.0. The first-order valence-electron chi connectivity index (χ1n) is 10.6. The molecular weight excluding hydrogens is 394 g/mol. The first-order chi connectivity index (χ1) is 15.2. The average molecular weight is 415 g/mol. The van der Waals surface area contributed by atoms with Crippen LogP contribution in [0, 0.1) is 11.3 Å². The summed E-state index contributed by atoms with van der Waals surface area (Å²) in [5.74, 6) is 0.747. The number of amides is 1. The van der Waals surface area contributed by atoms with Gasteiger partial charge in [-0.1, -0.05) is 30.3 Å². The molecule has 1 spiro atoms. The van der Waals surface area contributed by atoms with E-state index in [9.17, 15) is 10.1 Å². The minimum Gasteiger partial charge on any atom is -0.342 e. The Morgan fingerprint density at radius 2 is 1.94 bits per heavy atom. The third-order valence-corrected chi connectivity index (χ3v) is 6.76. The van der Waals surface area contributed by atoms with Gasteiger partial charge in [-0.15, -0.1) is 0 Å². The molecule has 0 aliphatic carbocycles. The van der Waals surface area contributed by atoms with E-state index >= 15 is 0 Å². The van der Waals surface area contributed by atoms with Crippen LogP contribution in [0.3, 0.4) is 0 Å². The number of benzene rings is 1. The molecule has 0 N–H and O–H groups in total. The smallest absolute Gasteiger partial charge is 0.257 e. The van der Waals surface area contributed by atoms with Crippen molar-refractivity contribution in [1.29, 1.82) is 5.26 Å². The number of nitrogens with zero attached hydrogens (tertiary/aromatic N) is 7. The Hall–Kier alpha value is -3.51. The van der Waals surface area contributed by atoms with Gasteiger partial charge in [0.05, 0.1) is 12.2 Å². The van der Waals surface area contributed by atoms with Crippen molar-refractivity contribution >= 4 is 17.5 Å². The molecule has 3 saturated heterocycles. The van der Waals surface area contributed by atoms with Gasteiger partial charge in [-0.05, 0) is 18.4 Å². The Bertz CT molecular complexity index is 1190. The van der Waals surface area contributed by atoms with E-state index in [-0.39, 0.29) is 18.2 Å². The molecule has 0 bridgehead atoms. The first kappa shape index (κ1) is 18.3. The number of piperidine rings is 1. The van der Waals surface area contributed by atoms with Crippen molar-refractivity contribution in [3.8, 4) is 6.07 Å². The molecule has 1 amide bonds. The number of rotatable bonds is 2. The van der Waals surface area contributed by atoms with E-state index in [4.69, 9.17) is 4.74 Å². The van der Waals surface area contributed by atoms with Crippen LogP contribution in [0.25, 0.3) is 5.65 Å². The summed E-state index contributed by atoms with van der Waals surface area (Å²) in [6.07, 6.45) is 5.81. The second-order valence-corrected chi connectivity index (χ2v) is 8.35. The van der Waals surface area contributed by atoms with Crippen LogP contribution in [-0.4, -0.2) is 55.3 Å². The average Bonchev–Trinajstić information content (AvgIpc) is 3.52. The Morgan fingerprint density at radius 3 is 2.71 bits per heavy atom. The monoisotopic (exact) mass is 415 g/mol. The lowest BCUT2D eigenvalue weighted by molar-refractivity contribution is -0.140. The summed E-state index contributed by atoms with van der Waals surface area (Å²) in [5, 5.41) is 13.5. The Labute approximate surface area is 178 Å². The fourth-order valence-electron chi connectivity index (χ4n) is 5.22. The molecule has 2 aromatic heterocycles. The summed E-state index contributed by atoms with van der Waals surface area (Å²) in [6.45, 7) is 1.24. The standard InChI is InChI=1S/C22H21N7O2/c23-12-16-13-24-21(29-19(16)25-14-26-29)27-10-8-22(9-11-27)20(30)28-17(6-7-18(28)31-22)15-4-2-1-3-5-15/h1-5,13-14,17-18H,6-11H2/t17-,18+/m0/s1. The maximum atomic E-state index is 13.5. The number of hydrogen-bond acceptors (Lipinski definition) is 7. The number of aromatic nitrogens is 4. The van der Waals surface area contributed by atoms with Crippen molar-refractivity contribution < 1.29 is 9.53 Å². The molecule has 6 rings (SSSR count). The Balaban J connectivity index is 1.24. The third kappa shape index (κ3) is 2.65. The van der Waals surface area contributed by atoms with Crippen LogP contribution in [-0.2, 0) is 9.53 Å². The van der Waals surface area contributed by atoms with E-state index in [0.717, 1.165) is 12.8 Å². The molecule has 3 fully saturated rings. The van der Waals surface area contributed by atoms with E-state index < -0.39 is 5.60 Å². The summed E-state index contributed by atoms with van der Waals surface area (Å²) in [4.78, 5) is 26.2. The molecule has 9 heteroatoms. The molecule has 9 nitrogen and oxygen atoms in total. The summed E-state index contributed by atoms with van der Waals surface area (Å²) < 4.78 is 8.02. The van der Waals surface area contributed by atoms with Crippen molar-refractivity contribution in [1.82, 2.24) is 24.5 Å². The molecule has 5 heterocycles. The lowest BCUT2D eigenvalue weighted by Gasteiger charge is -2.37. The van der Waals surface area contributed by atoms with Gasteiger partial charge < -0.3 is 14.5 Å². The predicted octanol–water partition coefficient (Wildman–Crippen LogP) is 2.05. The van der Waals surface area contributed by atoms with Gasteiger partial charge in [0.15, 0.2) is 11.2 Å². The second kappa shape index (κ2) is 6.75. The number of ether oxygens (including phenoxy) is 1. The van der Waals surface area contributed by atoms with Crippen LogP contribution >= 0.6 is 0 Å². The lowest BCUT2D eigenvalue weighted by atomic mass is 9.89. The topological polar surface area (TPSA) is 99.7 Å². The summed E-state index contributed by atoms with van der Waals surface area (Å²) in [7, 11) is 0. The molecular formula is C22H21N7O2. The van der Waals surface area contributed by atoms with Crippen LogP contribution in [0.15, 0.2) is 42.9 Å². The molecule has 0 saturated carbocycles. The highest BCUT2D eigenvalue weighted by Crippen LogP contribution is 2.47. The largest absolute Gasteiger partial charge is 0.342 e. The molecule has 156 valence electrons. The molecule has 0 radical (unpaired) electrons. The molecule has 3 aliphatic heterocycles. The maximum Gasteiger partial charge on any atom is 0.257 e. The Kier molecular flexibility index (Phi) is 3.98. The van der Waals surface area contributed by atoms with Gasteiger partial charge in [-0.3, -0.25) is 4.79 Å². The molecule has 3 aliphatic rings. The van der Waals surface area contributed by atoms with Crippen molar-refractivity contribution in [3.05, 3.63) is 54.0 Å². The number of hydrogen-bond donors (Lipinski definition) is 0. The van der Waals surface area contributed by atoms with E-state index in [0.29, 0.717) is 43.1 Å². The van der Waals surface area contributed by atoms with Crippen LogP contribution in [0.4, 0.5) is 5.95 Å². The number of carbonyl (C=O) groups is 1. The molecule has 31 heavy (non-hydrogen) atoms. The molecule has 2 atom stereocenters. The normalized spacial score (nSPS) is 24.7. The summed E-state index contributed by atoms with van der Waals surface area (Å²) >= 11 is 0. The van der Waals surface area contributed by atoms with E-state index in [2.05, 4.69) is 38.2 Å². The van der Waals surface area contributed by atoms with Crippen LogP contribution in [0.2, 0.25) is 0 Å². The van der Waals surface area contributed by atoms with E-state index in [1.54, 1.807) is 4.52 Å². The minimum absolute atomic E-state index is 0.0890. The fraction of sp³-hybridized carbons (Fsp3) is 0.409. The highest BCUT2D eigenvalue weighted by atomic mass is 16.6. The summed E-state index contributed by atoms with van der Waals surface area (Å²) in [6, 6.07) is 12.4. The van der Waals surface area contributed by atoms with Gasteiger partial charge in [0.1, 0.15) is 24.2 Å². The number of fused-ring (bicyclic) bond motifs is 2. The van der Waals surface area contributed by atoms with Crippen molar-refractivity contribution in [2.24, 2.45) is 0 Å². The van der Waals surface area contributed by atoms with Crippen LogP contribution in [0.1, 0.15) is 42.9 Å². The second-order valence-electron chi connectivity index (χ2n) is 8.35. The number of anilines is 1. The predicted molar refractivity (Wildman–Crippen MR) is 110 cm³/mol. The Morgan fingerprint density at radius 1 is 1.13 bits per heavy atom. The first-order valence-corrected chi connectivity index (χ1v) is 10.6. The van der Waals surface area contributed by atoms with Crippen molar-refractivity contribution in [2.45, 2.75) is 43.6 Å². The zero-order valence-corrected chi connectivity index (χ0v) is 16.9. The van der Waals surface area contributed by atoms with Gasteiger partial charge in [-0.25, -0.2) is 9.97 Å². The van der Waals surface area contributed by atoms with Crippen molar-refractivity contribution in [3.63, 3.8) is 0 Å². The van der Waals surface area contributed by atoms with Gasteiger partial charge in [0.2, 0.25) is 5.95 Å².